The lowest BCUT2D eigenvalue weighted by molar-refractivity contribution is 0.703. The number of hydrogen-bond donors (Lipinski definition) is 2. The highest BCUT2D eigenvalue weighted by Gasteiger charge is 2.47. The molecule has 2 rings (SSSR count). The molecule has 1 aromatic heterocycles. The Labute approximate surface area is 118 Å². The first-order chi connectivity index (χ1) is 8.56. The molecule has 1 aliphatic rings. The van der Waals surface area contributed by atoms with Gasteiger partial charge in [0.05, 0.1) is 15.7 Å². The van der Waals surface area contributed by atoms with Crippen LogP contribution in [-0.2, 0) is 11.8 Å². The fourth-order valence-corrected chi connectivity index (χ4v) is 3.28. The van der Waals surface area contributed by atoms with Gasteiger partial charge in [0, 0.05) is 20.3 Å². The van der Waals surface area contributed by atoms with Crippen LogP contribution in [0, 0.1) is 6.92 Å². The number of thiocarbonyl (C=S) groups is 2. The molecule has 0 spiro atoms. The van der Waals surface area contributed by atoms with Crippen LogP contribution in [0.1, 0.15) is 23.2 Å². The standard InChI is InChI=1S/C13H17N3S2/c1-8-6-9-4-5-13(11(17)14-2,12(18)15-3)10(9)16-7-8/h6-7H,4-5H2,1-3H3,(H,14,17)(H,15,18). The average Bonchev–Trinajstić information content (AvgIpc) is 2.76. The molecule has 0 unspecified atom stereocenters. The van der Waals surface area contributed by atoms with Crippen LogP contribution in [0.2, 0.25) is 0 Å². The van der Waals surface area contributed by atoms with Crippen molar-refractivity contribution in [1.82, 2.24) is 15.6 Å². The van der Waals surface area contributed by atoms with E-state index in [1.165, 1.54) is 11.1 Å². The number of aromatic nitrogens is 1. The van der Waals surface area contributed by atoms with Crippen molar-refractivity contribution in [2.24, 2.45) is 0 Å². The predicted molar refractivity (Wildman–Crippen MR) is 82.3 cm³/mol. The Hall–Kier alpha value is -1.07. The number of rotatable bonds is 2. The number of likely N-dealkylation sites (N-methyl/N-ethyl adjacent to an activating group) is 2. The fourth-order valence-electron chi connectivity index (χ4n) is 2.62. The number of pyridine rings is 1. The van der Waals surface area contributed by atoms with Gasteiger partial charge in [0.25, 0.3) is 0 Å². The van der Waals surface area contributed by atoms with Crippen LogP contribution in [0.25, 0.3) is 0 Å². The van der Waals surface area contributed by atoms with Crippen LogP contribution in [0.3, 0.4) is 0 Å². The third-order valence-corrected chi connectivity index (χ3v) is 4.61. The molecule has 0 amide bonds. The highest BCUT2D eigenvalue weighted by molar-refractivity contribution is 7.82. The van der Waals surface area contributed by atoms with Gasteiger partial charge < -0.3 is 10.6 Å². The number of aryl methyl sites for hydroxylation is 2. The van der Waals surface area contributed by atoms with Crippen molar-refractivity contribution in [3.8, 4) is 0 Å². The summed E-state index contributed by atoms with van der Waals surface area (Å²) >= 11 is 11.0. The van der Waals surface area contributed by atoms with E-state index in [0.29, 0.717) is 0 Å². The van der Waals surface area contributed by atoms with Crippen molar-refractivity contribution >= 4 is 34.4 Å². The minimum absolute atomic E-state index is 0.433. The predicted octanol–water partition coefficient (Wildman–Crippen LogP) is 1.67. The smallest absolute Gasteiger partial charge is 0.113 e. The Balaban J connectivity index is 2.60. The third kappa shape index (κ3) is 1.82. The van der Waals surface area contributed by atoms with Gasteiger partial charge in [0.15, 0.2) is 0 Å². The van der Waals surface area contributed by atoms with E-state index in [0.717, 1.165) is 28.5 Å². The largest absolute Gasteiger partial charge is 0.382 e. The average molecular weight is 279 g/mol. The van der Waals surface area contributed by atoms with Crippen LogP contribution < -0.4 is 10.6 Å². The summed E-state index contributed by atoms with van der Waals surface area (Å²) in [4.78, 5) is 6.09. The van der Waals surface area contributed by atoms with Gasteiger partial charge in [-0.15, -0.1) is 0 Å². The van der Waals surface area contributed by atoms with E-state index in [-0.39, 0.29) is 0 Å². The van der Waals surface area contributed by atoms with Crippen LogP contribution in [0.5, 0.6) is 0 Å². The Morgan fingerprint density at radius 1 is 1.28 bits per heavy atom. The number of hydrogen-bond acceptors (Lipinski definition) is 3. The summed E-state index contributed by atoms with van der Waals surface area (Å²) in [6.07, 6.45) is 3.74. The lowest BCUT2D eigenvalue weighted by Crippen LogP contribution is -2.50. The van der Waals surface area contributed by atoms with Crippen LogP contribution in [0.4, 0.5) is 0 Å². The Bertz CT molecular complexity index is 495. The van der Waals surface area contributed by atoms with Gasteiger partial charge in [-0.1, -0.05) is 30.5 Å². The monoisotopic (exact) mass is 279 g/mol. The van der Waals surface area contributed by atoms with Gasteiger partial charge >= 0.3 is 0 Å². The lowest BCUT2D eigenvalue weighted by atomic mass is 9.84. The topological polar surface area (TPSA) is 37.0 Å². The van der Waals surface area contributed by atoms with E-state index in [4.69, 9.17) is 24.4 Å². The second kappa shape index (κ2) is 4.90. The van der Waals surface area contributed by atoms with Gasteiger partial charge in [-0.25, -0.2) is 0 Å². The minimum atomic E-state index is -0.433. The first-order valence-corrected chi connectivity index (χ1v) is 6.78. The second-order valence-electron chi connectivity index (χ2n) is 4.58. The molecule has 0 saturated carbocycles. The maximum atomic E-state index is 5.50. The molecule has 1 aliphatic carbocycles. The molecule has 0 aliphatic heterocycles. The van der Waals surface area contributed by atoms with E-state index in [9.17, 15) is 0 Å². The summed E-state index contributed by atoms with van der Waals surface area (Å²) in [5.74, 6) is 0. The molecule has 3 nitrogen and oxygen atoms in total. The molecule has 0 saturated heterocycles. The van der Waals surface area contributed by atoms with Crippen molar-refractivity contribution in [3.05, 3.63) is 29.1 Å². The van der Waals surface area contributed by atoms with Gasteiger partial charge in [-0.2, -0.15) is 0 Å². The highest BCUT2D eigenvalue weighted by atomic mass is 32.1. The lowest BCUT2D eigenvalue weighted by Gasteiger charge is -2.30. The maximum absolute atomic E-state index is 5.50. The molecular formula is C13H17N3S2. The summed E-state index contributed by atoms with van der Waals surface area (Å²) in [6, 6.07) is 2.18. The molecule has 0 fully saturated rings. The molecule has 96 valence electrons. The van der Waals surface area contributed by atoms with E-state index in [2.05, 4.69) is 28.6 Å². The summed E-state index contributed by atoms with van der Waals surface area (Å²) in [6.45, 7) is 2.06. The maximum Gasteiger partial charge on any atom is 0.113 e. The second-order valence-corrected chi connectivity index (χ2v) is 5.40. The Morgan fingerprint density at radius 3 is 2.44 bits per heavy atom. The van der Waals surface area contributed by atoms with E-state index < -0.39 is 5.41 Å². The van der Waals surface area contributed by atoms with Crippen molar-refractivity contribution in [2.45, 2.75) is 25.2 Å². The fraction of sp³-hybridized carbons (Fsp3) is 0.462. The summed E-state index contributed by atoms with van der Waals surface area (Å²) < 4.78 is 0. The van der Waals surface area contributed by atoms with E-state index in [1.807, 2.05) is 20.3 Å². The van der Waals surface area contributed by atoms with Crippen LogP contribution in [0.15, 0.2) is 12.3 Å². The molecule has 0 atom stereocenters. The Morgan fingerprint density at radius 2 is 1.89 bits per heavy atom. The van der Waals surface area contributed by atoms with Crippen molar-refractivity contribution < 1.29 is 0 Å². The molecular weight excluding hydrogens is 262 g/mol. The first kappa shape index (κ1) is 13.4. The van der Waals surface area contributed by atoms with Crippen molar-refractivity contribution in [1.29, 1.82) is 0 Å². The molecule has 2 N–H and O–H groups in total. The zero-order chi connectivity index (χ0) is 13.3. The zero-order valence-corrected chi connectivity index (χ0v) is 12.5. The number of nitrogens with zero attached hydrogens (tertiary/aromatic N) is 1. The number of fused-ring (bicyclic) bond motifs is 1. The summed E-state index contributed by atoms with van der Waals surface area (Å²) in [5.41, 5.74) is 3.00. The summed E-state index contributed by atoms with van der Waals surface area (Å²) in [5, 5.41) is 6.16. The zero-order valence-electron chi connectivity index (χ0n) is 10.8. The normalized spacial score (nSPS) is 15.9. The van der Waals surface area contributed by atoms with Gasteiger partial charge in [0.1, 0.15) is 5.41 Å². The van der Waals surface area contributed by atoms with Gasteiger partial charge in [-0.05, 0) is 30.9 Å². The summed E-state index contributed by atoms with van der Waals surface area (Å²) in [7, 11) is 3.68. The molecule has 0 radical (unpaired) electrons. The first-order valence-electron chi connectivity index (χ1n) is 5.96. The van der Waals surface area contributed by atoms with Crippen LogP contribution >= 0.6 is 24.4 Å². The highest BCUT2D eigenvalue weighted by Crippen LogP contribution is 2.39. The molecule has 0 aromatic carbocycles. The molecule has 5 heteroatoms. The quantitative estimate of drug-likeness (QED) is 0.806. The molecule has 0 bridgehead atoms. The van der Waals surface area contributed by atoms with Gasteiger partial charge in [0.2, 0.25) is 0 Å². The third-order valence-electron chi connectivity index (χ3n) is 3.51. The molecule has 18 heavy (non-hydrogen) atoms. The van der Waals surface area contributed by atoms with E-state index in [1.54, 1.807) is 0 Å². The molecule has 1 heterocycles. The van der Waals surface area contributed by atoms with Crippen LogP contribution in [-0.4, -0.2) is 29.1 Å². The minimum Gasteiger partial charge on any atom is -0.382 e. The van der Waals surface area contributed by atoms with Crippen molar-refractivity contribution in [2.75, 3.05) is 14.1 Å². The van der Waals surface area contributed by atoms with Gasteiger partial charge in [-0.3, -0.25) is 4.98 Å². The molecule has 1 aromatic rings. The Kier molecular flexibility index (Phi) is 3.64. The SMILES string of the molecule is CNC(=S)C1(C(=S)NC)CCc2cc(C)cnc21. The van der Waals surface area contributed by atoms with Crippen molar-refractivity contribution in [3.63, 3.8) is 0 Å². The van der Waals surface area contributed by atoms with E-state index >= 15 is 0 Å². The number of nitrogens with one attached hydrogen (secondary N) is 2.